The van der Waals surface area contributed by atoms with Crippen LogP contribution < -0.4 is 0 Å². The average Bonchev–Trinajstić information content (AvgIpc) is 2.13. The summed E-state index contributed by atoms with van der Waals surface area (Å²) >= 11 is 7.78. The van der Waals surface area contributed by atoms with Crippen LogP contribution >= 0.6 is 27.5 Å². The first kappa shape index (κ1) is 14.6. The second kappa shape index (κ2) is 4.68. The molecule has 17 heavy (non-hydrogen) atoms. The molecule has 1 rings (SSSR count). The molecule has 0 saturated carbocycles. The van der Waals surface area contributed by atoms with Crippen molar-refractivity contribution in [2.75, 3.05) is 0 Å². The Kier molecular flexibility index (Phi) is 4.03. The highest BCUT2D eigenvalue weighted by Gasteiger charge is 2.39. The van der Waals surface area contributed by atoms with Gasteiger partial charge in [0.15, 0.2) is 0 Å². The molecule has 0 fully saturated rings. The van der Waals surface area contributed by atoms with Gasteiger partial charge in [0.2, 0.25) is 0 Å². The van der Waals surface area contributed by atoms with Crippen LogP contribution in [0, 0.1) is 0 Å². The molecule has 0 aliphatic rings. The van der Waals surface area contributed by atoms with Crippen molar-refractivity contribution in [3.05, 3.63) is 33.3 Å². The molecule has 0 bridgehead atoms. The summed E-state index contributed by atoms with van der Waals surface area (Å²) < 4.78 is 74.1. The summed E-state index contributed by atoms with van der Waals surface area (Å²) in [6.07, 6.45) is -9.47. The molecular weight excluding hydrogens is 337 g/mol. The molecule has 0 unspecified atom stereocenters. The lowest BCUT2D eigenvalue weighted by Gasteiger charge is -2.17. The Bertz CT molecular complexity index is 423. The minimum absolute atomic E-state index is 0.378. The van der Waals surface area contributed by atoms with Crippen LogP contribution in [-0.4, -0.2) is 0 Å². The molecule has 0 atom stereocenters. The van der Waals surface area contributed by atoms with Crippen molar-refractivity contribution >= 4 is 27.5 Å². The molecule has 0 saturated heterocycles. The van der Waals surface area contributed by atoms with Crippen molar-refractivity contribution in [1.82, 2.24) is 0 Å². The second-order valence-electron chi connectivity index (χ2n) is 3.08. The summed E-state index contributed by atoms with van der Waals surface area (Å²) in [5, 5.41) is 0. The van der Waals surface area contributed by atoms with Gasteiger partial charge >= 0.3 is 12.4 Å². The summed E-state index contributed by atoms with van der Waals surface area (Å²) in [7, 11) is 0. The van der Waals surface area contributed by atoms with Crippen molar-refractivity contribution in [3.63, 3.8) is 0 Å². The average molecular weight is 341 g/mol. The molecule has 8 heteroatoms. The first-order chi connectivity index (χ1) is 7.59. The van der Waals surface area contributed by atoms with Gasteiger partial charge in [-0.3, -0.25) is 0 Å². The lowest BCUT2D eigenvalue weighted by Crippen LogP contribution is -2.13. The van der Waals surface area contributed by atoms with Crippen molar-refractivity contribution in [3.8, 4) is 0 Å². The molecule has 96 valence electrons. The van der Waals surface area contributed by atoms with E-state index in [1.807, 2.05) is 0 Å². The predicted octanol–water partition coefficient (Wildman–Crippen LogP) is 5.23. The van der Waals surface area contributed by atoms with Gasteiger partial charge < -0.3 is 0 Å². The minimum atomic E-state index is -4.74. The lowest BCUT2D eigenvalue weighted by molar-refractivity contribution is -0.142. The summed E-state index contributed by atoms with van der Waals surface area (Å²) in [6.45, 7) is 0. The van der Waals surface area contributed by atoms with Crippen molar-refractivity contribution < 1.29 is 26.3 Å². The zero-order valence-electron chi connectivity index (χ0n) is 7.89. The van der Waals surface area contributed by atoms with Crippen molar-refractivity contribution in [1.29, 1.82) is 0 Å². The Balaban J connectivity index is 3.49. The van der Waals surface area contributed by atoms with Crippen LogP contribution in [-0.2, 0) is 18.2 Å². The lowest BCUT2D eigenvalue weighted by atomic mass is 10.0. The Morgan fingerprint density at radius 3 is 1.71 bits per heavy atom. The molecule has 0 amide bonds. The highest BCUT2D eigenvalue weighted by molar-refractivity contribution is 9.10. The third kappa shape index (κ3) is 3.07. The van der Waals surface area contributed by atoms with E-state index < -0.39 is 39.4 Å². The SMILES string of the molecule is FC(F)(F)c1ccc(C(F)(F)F)c(CCl)c1Br. The molecule has 0 aliphatic carbocycles. The van der Waals surface area contributed by atoms with E-state index in [1.165, 1.54) is 0 Å². The van der Waals surface area contributed by atoms with Gasteiger partial charge in [0.25, 0.3) is 0 Å². The maximum Gasteiger partial charge on any atom is 0.417 e. The number of benzene rings is 1. The van der Waals surface area contributed by atoms with Gasteiger partial charge in [-0.25, -0.2) is 0 Å². The van der Waals surface area contributed by atoms with E-state index in [9.17, 15) is 26.3 Å². The largest absolute Gasteiger partial charge is 0.417 e. The summed E-state index contributed by atoms with van der Waals surface area (Å²) in [5.41, 5.74) is -2.97. The first-order valence-electron chi connectivity index (χ1n) is 4.10. The predicted molar refractivity (Wildman–Crippen MR) is 53.7 cm³/mol. The van der Waals surface area contributed by atoms with Crippen LogP contribution in [0.4, 0.5) is 26.3 Å². The van der Waals surface area contributed by atoms with E-state index in [2.05, 4.69) is 15.9 Å². The summed E-state index contributed by atoms with van der Waals surface area (Å²) in [4.78, 5) is 0. The van der Waals surface area contributed by atoms with Crippen LogP contribution in [0.15, 0.2) is 16.6 Å². The third-order valence-electron chi connectivity index (χ3n) is 1.99. The van der Waals surface area contributed by atoms with Gasteiger partial charge in [-0.1, -0.05) is 0 Å². The van der Waals surface area contributed by atoms with Crippen LogP contribution in [0.2, 0.25) is 0 Å². The number of hydrogen-bond acceptors (Lipinski definition) is 0. The maximum absolute atomic E-state index is 12.5. The molecule has 0 aromatic heterocycles. The van der Waals surface area contributed by atoms with E-state index in [4.69, 9.17) is 11.6 Å². The first-order valence-corrected chi connectivity index (χ1v) is 5.43. The highest BCUT2D eigenvalue weighted by atomic mass is 79.9. The van der Waals surface area contributed by atoms with Gasteiger partial charge in [-0.15, -0.1) is 11.6 Å². The Morgan fingerprint density at radius 2 is 1.35 bits per heavy atom. The van der Waals surface area contributed by atoms with Gasteiger partial charge in [0.1, 0.15) is 0 Å². The molecule has 1 aromatic rings. The fourth-order valence-electron chi connectivity index (χ4n) is 1.24. The van der Waals surface area contributed by atoms with E-state index in [-0.39, 0.29) is 0 Å². The Morgan fingerprint density at radius 1 is 0.941 bits per heavy atom. The smallest absolute Gasteiger partial charge is 0.166 e. The van der Waals surface area contributed by atoms with Gasteiger partial charge in [-0.2, -0.15) is 26.3 Å². The van der Waals surface area contributed by atoms with Crippen LogP contribution in [0.3, 0.4) is 0 Å². The third-order valence-corrected chi connectivity index (χ3v) is 3.16. The molecular formula is C9H4BrClF6. The molecule has 1 aromatic carbocycles. The van der Waals surface area contributed by atoms with Crippen LogP contribution in [0.1, 0.15) is 16.7 Å². The van der Waals surface area contributed by atoms with Gasteiger partial charge in [-0.05, 0) is 33.6 Å². The van der Waals surface area contributed by atoms with Crippen LogP contribution in [0.5, 0.6) is 0 Å². The zero-order chi connectivity index (χ0) is 13.4. The van der Waals surface area contributed by atoms with Crippen molar-refractivity contribution in [2.45, 2.75) is 18.2 Å². The highest BCUT2D eigenvalue weighted by Crippen LogP contribution is 2.42. The molecule has 0 nitrogen and oxygen atoms in total. The van der Waals surface area contributed by atoms with E-state index >= 15 is 0 Å². The standard InChI is InChI=1S/C9H4BrClF6/c10-7-4(3-11)5(8(12,13)14)1-2-6(7)9(15,16)17/h1-2H,3H2. The number of halogens is 8. The zero-order valence-corrected chi connectivity index (χ0v) is 10.2. The fraction of sp³-hybridized carbons (Fsp3) is 0.333. The molecule has 0 heterocycles. The monoisotopic (exact) mass is 340 g/mol. The number of rotatable bonds is 1. The molecule has 0 radical (unpaired) electrons. The number of alkyl halides is 7. The maximum atomic E-state index is 12.5. The van der Waals surface area contributed by atoms with E-state index in [1.54, 1.807) is 0 Å². The topological polar surface area (TPSA) is 0 Å². The van der Waals surface area contributed by atoms with Gasteiger partial charge in [0.05, 0.1) is 11.1 Å². The fourth-order valence-corrected chi connectivity index (χ4v) is 2.39. The van der Waals surface area contributed by atoms with Gasteiger partial charge in [0, 0.05) is 10.4 Å². The Labute approximate surface area is 106 Å². The van der Waals surface area contributed by atoms with Crippen LogP contribution in [0.25, 0.3) is 0 Å². The summed E-state index contributed by atoms with van der Waals surface area (Å²) in [5.74, 6) is -0.667. The molecule has 0 N–H and O–H groups in total. The normalized spacial score (nSPS) is 12.9. The molecule has 0 aliphatic heterocycles. The summed E-state index contributed by atoms with van der Waals surface area (Å²) in [6, 6.07) is 0.758. The minimum Gasteiger partial charge on any atom is -0.166 e. The number of hydrogen-bond donors (Lipinski definition) is 0. The van der Waals surface area contributed by atoms with E-state index in [0.717, 1.165) is 0 Å². The quantitative estimate of drug-likeness (QED) is 0.485. The Hall–Kier alpha value is -0.430. The second-order valence-corrected chi connectivity index (χ2v) is 4.14. The van der Waals surface area contributed by atoms with E-state index in [0.29, 0.717) is 12.1 Å². The van der Waals surface area contributed by atoms with Crippen molar-refractivity contribution in [2.24, 2.45) is 0 Å². The molecule has 0 spiro atoms.